The number of fused-ring (bicyclic) bond motifs is 15. The molecule has 4 nitrogen and oxygen atoms in total. The molecule has 3 aliphatic rings. The molecule has 0 saturated heterocycles. The molecule has 78 heavy (non-hydrogen) atoms. The van der Waals surface area contributed by atoms with Crippen molar-refractivity contribution in [1.29, 1.82) is 0 Å². The molecule has 1 aliphatic carbocycles. The van der Waals surface area contributed by atoms with Crippen LogP contribution in [-0.4, -0.2) is 6.85 Å². The first-order chi connectivity index (χ1) is 37.8. The average Bonchev–Trinajstić information content (AvgIpc) is 2.22. The molecule has 0 amide bonds. The highest BCUT2D eigenvalue weighted by Crippen LogP contribution is 2.56. The van der Waals surface area contributed by atoms with Gasteiger partial charge < -0.3 is 13.6 Å². The molecule has 13 aromatic rings. The number of rotatable bonds is 4. The Hall–Kier alpha value is -8.32. The molecule has 0 fully saturated rings. The summed E-state index contributed by atoms with van der Waals surface area (Å²) in [6.07, 6.45) is 2.22. The molecule has 0 N–H and O–H groups in total. The van der Waals surface area contributed by atoms with Gasteiger partial charge in [-0.25, -0.2) is 0 Å². The van der Waals surface area contributed by atoms with E-state index in [0.717, 1.165) is 102 Å². The lowest BCUT2D eigenvalue weighted by Crippen LogP contribution is -2.61. The number of hydrogen-bond acceptors (Lipinski definition) is 5. The lowest BCUT2D eigenvalue weighted by atomic mass is 9.43. The van der Waals surface area contributed by atoms with Gasteiger partial charge in [-0.1, -0.05) is 170 Å². The summed E-state index contributed by atoms with van der Waals surface area (Å²) in [4.78, 5) is 5.16. The smallest absolute Gasteiger partial charge is 0.337 e. The van der Waals surface area contributed by atoms with Gasteiger partial charge in [0.2, 0.25) is 5.88 Å². The molecule has 0 unspecified atom stereocenters. The molecule has 0 spiro atoms. The van der Waals surface area contributed by atoms with Gasteiger partial charge in [-0.2, -0.15) is 0 Å². The molecule has 0 saturated carbocycles. The van der Waals surface area contributed by atoms with E-state index in [9.17, 15) is 0 Å². The number of furan rings is 2. The SMILES string of the molecule is CC(C)(C)c1ccc(N2c3cc4c(oc5ccccc54)c4c3B(c3c2oc2cc5c(cc32)C(C)(C)CCC5(C)C)N(c2ccc(-c3ccccc3)cc2)c2cc3sc5cc6ccccc6cc5c3cc2-4)c(-c2ccccc2)c1. The fraction of sp³-hybridized carbons (Fsp3) is 0.167. The van der Waals surface area contributed by atoms with E-state index in [1.807, 2.05) is 11.3 Å². The molecule has 5 heterocycles. The van der Waals surface area contributed by atoms with Gasteiger partial charge in [0.1, 0.15) is 16.7 Å². The summed E-state index contributed by atoms with van der Waals surface area (Å²) in [6, 6.07) is 72.7. The molecule has 0 atom stereocenters. The Morgan fingerprint density at radius 1 is 0.474 bits per heavy atom. The van der Waals surface area contributed by atoms with Crippen molar-refractivity contribution in [3.63, 3.8) is 0 Å². The topological polar surface area (TPSA) is 32.8 Å². The Morgan fingerprint density at radius 3 is 1.86 bits per heavy atom. The van der Waals surface area contributed by atoms with Crippen LogP contribution < -0.4 is 20.6 Å². The minimum Gasteiger partial charge on any atom is -0.455 e. The molecular weight excluding hydrogens is 968 g/mol. The van der Waals surface area contributed by atoms with Crippen molar-refractivity contribution in [3.8, 4) is 33.4 Å². The predicted molar refractivity (Wildman–Crippen MR) is 332 cm³/mol. The van der Waals surface area contributed by atoms with Crippen molar-refractivity contribution in [3.05, 3.63) is 211 Å². The van der Waals surface area contributed by atoms with E-state index < -0.39 is 0 Å². The van der Waals surface area contributed by atoms with Crippen LogP contribution in [0.2, 0.25) is 0 Å². The van der Waals surface area contributed by atoms with E-state index in [1.165, 1.54) is 64.2 Å². The number of benzene rings is 10. The molecule has 3 aromatic heterocycles. The fourth-order valence-corrected chi connectivity index (χ4v) is 14.9. The van der Waals surface area contributed by atoms with Crippen LogP contribution in [0.5, 0.6) is 0 Å². The maximum Gasteiger partial charge on any atom is 0.337 e. The zero-order chi connectivity index (χ0) is 52.6. The van der Waals surface area contributed by atoms with E-state index in [4.69, 9.17) is 8.83 Å². The molecule has 16 rings (SSSR count). The van der Waals surface area contributed by atoms with Crippen LogP contribution in [-0.2, 0) is 16.2 Å². The van der Waals surface area contributed by atoms with Gasteiger partial charge in [-0.15, -0.1) is 11.3 Å². The average molecular weight is 1030 g/mol. The van der Waals surface area contributed by atoms with Crippen molar-refractivity contribution in [1.82, 2.24) is 0 Å². The van der Waals surface area contributed by atoms with Crippen LogP contribution in [0.4, 0.5) is 28.6 Å². The molecule has 2 aliphatic heterocycles. The van der Waals surface area contributed by atoms with Crippen molar-refractivity contribution < 1.29 is 8.83 Å². The molecule has 6 heteroatoms. The first-order valence-corrected chi connectivity index (χ1v) is 28.5. The zero-order valence-electron chi connectivity index (χ0n) is 45.1. The Balaban J connectivity index is 1.09. The Morgan fingerprint density at radius 2 is 1.12 bits per heavy atom. The van der Waals surface area contributed by atoms with Gasteiger partial charge in [-0.3, -0.25) is 4.90 Å². The predicted octanol–water partition coefficient (Wildman–Crippen LogP) is 19.5. The summed E-state index contributed by atoms with van der Waals surface area (Å²) in [7, 11) is 0. The second-order valence-corrected chi connectivity index (χ2v) is 25.8. The van der Waals surface area contributed by atoms with Crippen LogP contribution in [0, 0.1) is 0 Å². The highest BCUT2D eigenvalue weighted by Gasteiger charge is 2.50. The maximum absolute atomic E-state index is 7.78. The monoisotopic (exact) mass is 1020 g/mol. The highest BCUT2D eigenvalue weighted by molar-refractivity contribution is 7.26. The van der Waals surface area contributed by atoms with E-state index in [0.29, 0.717) is 0 Å². The van der Waals surface area contributed by atoms with Crippen LogP contribution in [0.1, 0.15) is 78.0 Å². The van der Waals surface area contributed by atoms with Crippen LogP contribution in [0.15, 0.2) is 203 Å². The van der Waals surface area contributed by atoms with Gasteiger partial charge in [0, 0.05) is 75.5 Å². The largest absolute Gasteiger partial charge is 0.455 e. The standard InChI is InChI=1S/C72H57BN2O2S/c1-70(2,3)47-28-31-58(50(36-47)44-20-12-9-13-21-44)74-60-39-53-49-24-16-17-25-61(49)76-68(53)65-54-37-52-51-34-45-22-14-15-23-46(45)35-63(51)78-64(52)41-59(54)75(48-29-26-43(27-30-48)42-18-10-8-11-19-42)73(67(60)65)66-55-38-56-57(40-62(55)77-69(66)74)72(6,7)33-32-71(56,4)5/h8-31,34-41H,32-33H2,1-7H3. The van der Waals surface area contributed by atoms with Crippen LogP contribution >= 0.6 is 11.3 Å². The minimum absolute atomic E-state index is 0.0191. The number of hydrogen-bond donors (Lipinski definition) is 0. The number of anilines is 5. The molecule has 376 valence electrons. The van der Waals surface area contributed by atoms with Gasteiger partial charge in [0.15, 0.2) is 0 Å². The van der Waals surface area contributed by atoms with Crippen molar-refractivity contribution in [2.75, 3.05) is 9.71 Å². The molecular formula is C72H57BN2O2S. The minimum atomic E-state index is -0.323. The van der Waals surface area contributed by atoms with Crippen molar-refractivity contribution >= 4 is 122 Å². The maximum atomic E-state index is 7.78. The first kappa shape index (κ1) is 45.8. The lowest BCUT2D eigenvalue weighted by molar-refractivity contribution is 0.332. The fourth-order valence-electron chi connectivity index (χ4n) is 13.7. The number of nitrogens with zero attached hydrogens (tertiary/aromatic N) is 2. The summed E-state index contributed by atoms with van der Waals surface area (Å²) < 4.78 is 17.7. The van der Waals surface area contributed by atoms with E-state index in [1.54, 1.807) is 0 Å². The van der Waals surface area contributed by atoms with Gasteiger partial charge >= 0.3 is 6.85 Å². The van der Waals surface area contributed by atoms with Crippen molar-refractivity contribution in [2.45, 2.75) is 77.6 Å². The molecule has 10 aromatic carbocycles. The number of thiophene rings is 1. The molecule has 0 bridgehead atoms. The second kappa shape index (κ2) is 16.1. The summed E-state index contributed by atoms with van der Waals surface area (Å²) in [6.45, 7) is 16.3. The summed E-state index contributed by atoms with van der Waals surface area (Å²) in [5.74, 6) is 0.850. The summed E-state index contributed by atoms with van der Waals surface area (Å²) >= 11 is 1.89. The van der Waals surface area contributed by atoms with Crippen LogP contribution in [0.25, 0.3) is 97.2 Å². The summed E-state index contributed by atoms with van der Waals surface area (Å²) in [5.41, 5.74) is 20.4. The zero-order valence-corrected chi connectivity index (χ0v) is 45.9. The Labute approximate surface area is 459 Å². The highest BCUT2D eigenvalue weighted by atomic mass is 32.1. The van der Waals surface area contributed by atoms with E-state index >= 15 is 0 Å². The van der Waals surface area contributed by atoms with Gasteiger partial charge in [0.25, 0.3) is 0 Å². The lowest BCUT2D eigenvalue weighted by Gasteiger charge is -2.44. The Kier molecular flexibility index (Phi) is 9.48. The third kappa shape index (κ3) is 6.59. The van der Waals surface area contributed by atoms with Crippen molar-refractivity contribution in [2.24, 2.45) is 0 Å². The first-order valence-electron chi connectivity index (χ1n) is 27.7. The number of para-hydroxylation sites is 1. The van der Waals surface area contributed by atoms with Gasteiger partial charge in [0.05, 0.1) is 5.69 Å². The summed E-state index contributed by atoms with van der Waals surface area (Å²) in [5, 5.41) is 8.36. The normalized spacial score (nSPS) is 15.4. The third-order valence-electron chi connectivity index (χ3n) is 18.0. The van der Waals surface area contributed by atoms with Crippen LogP contribution in [0.3, 0.4) is 0 Å². The Bertz CT molecular complexity index is 4670. The van der Waals surface area contributed by atoms with E-state index in [2.05, 4.69) is 252 Å². The quantitative estimate of drug-likeness (QED) is 0.165. The second-order valence-electron chi connectivity index (χ2n) is 24.7. The van der Waals surface area contributed by atoms with Gasteiger partial charge in [-0.05, 0) is 151 Å². The third-order valence-corrected chi connectivity index (χ3v) is 19.2. The molecule has 0 radical (unpaired) electrons. The van der Waals surface area contributed by atoms with E-state index in [-0.39, 0.29) is 23.1 Å².